The summed E-state index contributed by atoms with van der Waals surface area (Å²) < 4.78 is 32.4. The molecule has 6 heteroatoms. The van der Waals surface area contributed by atoms with Gasteiger partial charge in [-0.15, -0.1) is 0 Å². The molecular formula is C19H23NO4S. The zero-order valence-electron chi connectivity index (χ0n) is 14.7. The van der Waals surface area contributed by atoms with E-state index < -0.39 is 16.0 Å². The van der Waals surface area contributed by atoms with Crippen molar-refractivity contribution in [3.8, 4) is 0 Å². The first kappa shape index (κ1) is 19.1. The minimum Gasteiger partial charge on any atom is -0.465 e. The molecule has 0 aliphatic carbocycles. The van der Waals surface area contributed by atoms with E-state index in [9.17, 15) is 13.2 Å². The van der Waals surface area contributed by atoms with Gasteiger partial charge in [-0.05, 0) is 47.7 Å². The van der Waals surface area contributed by atoms with Crippen LogP contribution >= 0.6 is 0 Å². The molecule has 0 aliphatic heterocycles. The molecule has 0 unspecified atom stereocenters. The number of sulfonamides is 1. The molecule has 0 bridgehead atoms. The molecule has 2 aromatic carbocycles. The quantitative estimate of drug-likeness (QED) is 0.769. The Morgan fingerprint density at radius 3 is 2.44 bits per heavy atom. The topological polar surface area (TPSA) is 72.5 Å². The molecule has 2 aromatic rings. The van der Waals surface area contributed by atoms with Crippen LogP contribution in [0.4, 0.5) is 0 Å². The van der Waals surface area contributed by atoms with Crippen LogP contribution in [-0.2, 0) is 34.1 Å². The second-order valence-electron chi connectivity index (χ2n) is 5.65. The van der Waals surface area contributed by atoms with Crippen molar-refractivity contribution in [3.05, 3.63) is 64.7 Å². The van der Waals surface area contributed by atoms with Crippen LogP contribution in [0.5, 0.6) is 0 Å². The standard InChI is InChI=1S/C19H23NO4S/c1-4-14-9-10-15(5-2)17(11-14)13-20-25(22,23)18-8-6-7-16(12-18)19(21)24-3/h6-12,20H,4-5,13H2,1-3H3. The van der Waals surface area contributed by atoms with E-state index in [0.29, 0.717) is 0 Å². The molecule has 0 aromatic heterocycles. The molecule has 134 valence electrons. The first-order valence-electron chi connectivity index (χ1n) is 8.20. The fourth-order valence-electron chi connectivity index (χ4n) is 2.57. The van der Waals surface area contributed by atoms with E-state index in [-0.39, 0.29) is 17.0 Å². The number of hydrogen-bond donors (Lipinski definition) is 1. The number of benzene rings is 2. The van der Waals surface area contributed by atoms with Gasteiger partial charge in [-0.25, -0.2) is 17.9 Å². The maximum atomic E-state index is 12.6. The Bertz CT molecular complexity index is 859. The number of methoxy groups -OCH3 is 1. The van der Waals surface area contributed by atoms with E-state index in [1.165, 1.54) is 36.9 Å². The molecule has 0 aliphatic rings. The second-order valence-corrected chi connectivity index (χ2v) is 7.42. The predicted molar refractivity (Wildman–Crippen MR) is 97.0 cm³/mol. The third kappa shape index (κ3) is 4.67. The zero-order chi connectivity index (χ0) is 18.4. The summed E-state index contributed by atoms with van der Waals surface area (Å²) in [7, 11) is -2.47. The Kier molecular flexibility index (Phi) is 6.33. The number of nitrogens with one attached hydrogen (secondary N) is 1. The van der Waals surface area contributed by atoms with Gasteiger partial charge in [0.1, 0.15) is 0 Å². The van der Waals surface area contributed by atoms with Crippen molar-refractivity contribution < 1.29 is 17.9 Å². The minimum atomic E-state index is -3.73. The first-order chi connectivity index (χ1) is 11.9. The maximum Gasteiger partial charge on any atom is 0.337 e. The van der Waals surface area contributed by atoms with Crippen molar-refractivity contribution in [2.75, 3.05) is 7.11 Å². The SMILES string of the molecule is CCc1ccc(CC)c(CNS(=O)(=O)c2cccc(C(=O)OC)c2)c1. The highest BCUT2D eigenvalue weighted by molar-refractivity contribution is 7.89. The molecule has 5 nitrogen and oxygen atoms in total. The van der Waals surface area contributed by atoms with Crippen molar-refractivity contribution in [2.24, 2.45) is 0 Å². The maximum absolute atomic E-state index is 12.6. The number of rotatable bonds is 7. The average molecular weight is 361 g/mol. The Morgan fingerprint density at radius 1 is 1.04 bits per heavy atom. The van der Waals surface area contributed by atoms with Crippen molar-refractivity contribution in [1.82, 2.24) is 4.72 Å². The summed E-state index contributed by atoms with van der Waals surface area (Å²) in [5.41, 5.74) is 3.45. The van der Waals surface area contributed by atoms with Crippen molar-refractivity contribution >= 4 is 16.0 Å². The summed E-state index contributed by atoms with van der Waals surface area (Å²) in [4.78, 5) is 11.6. The normalized spacial score (nSPS) is 11.3. The largest absolute Gasteiger partial charge is 0.465 e. The molecule has 0 spiro atoms. The van der Waals surface area contributed by atoms with E-state index in [1.54, 1.807) is 0 Å². The minimum absolute atomic E-state index is 0.0418. The molecule has 0 saturated heterocycles. The van der Waals surface area contributed by atoms with E-state index >= 15 is 0 Å². The summed E-state index contributed by atoms with van der Waals surface area (Å²) in [6.45, 7) is 4.31. The van der Waals surface area contributed by atoms with E-state index in [0.717, 1.165) is 24.0 Å². The lowest BCUT2D eigenvalue weighted by Crippen LogP contribution is -2.24. The van der Waals surface area contributed by atoms with Gasteiger partial charge in [0.25, 0.3) is 0 Å². The Morgan fingerprint density at radius 2 is 1.80 bits per heavy atom. The highest BCUT2D eigenvalue weighted by Crippen LogP contribution is 2.16. The van der Waals surface area contributed by atoms with Gasteiger partial charge in [-0.2, -0.15) is 0 Å². The summed E-state index contributed by atoms with van der Waals surface area (Å²) in [6.07, 6.45) is 1.73. The molecule has 0 radical (unpaired) electrons. The van der Waals surface area contributed by atoms with E-state index in [1.807, 2.05) is 19.1 Å². The smallest absolute Gasteiger partial charge is 0.337 e. The summed E-state index contributed by atoms with van der Waals surface area (Å²) in [6, 6.07) is 12.0. The van der Waals surface area contributed by atoms with Crippen LogP contribution in [-0.4, -0.2) is 21.5 Å². The van der Waals surface area contributed by atoms with Gasteiger partial charge < -0.3 is 4.74 Å². The fraction of sp³-hybridized carbons (Fsp3) is 0.316. The van der Waals surface area contributed by atoms with E-state index in [2.05, 4.69) is 22.4 Å². The zero-order valence-corrected chi connectivity index (χ0v) is 15.5. The van der Waals surface area contributed by atoms with Crippen LogP contribution < -0.4 is 4.72 Å². The highest BCUT2D eigenvalue weighted by atomic mass is 32.2. The van der Waals surface area contributed by atoms with Crippen LogP contribution in [0.1, 0.15) is 40.9 Å². The van der Waals surface area contributed by atoms with Crippen LogP contribution in [0.2, 0.25) is 0 Å². The number of hydrogen-bond acceptors (Lipinski definition) is 4. The van der Waals surface area contributed by atoms with E-state index in [4.69, 9.17) is 0 Å². The highest BCUT2D eigenvalue weighted by Gasteiger charge is 2.17. The van der Waals surface area contributed by atoms with Gasteiger partial charge in [0, 0.05) is 6.54 Å². The molecular weight excluding hydrogens is 338 g/mol. The fourth-order valence-corrected chi connectivity index (χ4v) is 3.62. The number of ether oxygens (including phenoxy) is 1. The lowest BCUT2D eigenvalue weighted by atomic mass is 10.0. The van der Waals surface area contributed by atoms with Crippen molar-refractivity contribution in [2.45, 2.75) is 38.1 Å². The molecule has 0 fully saturated rings. The molecule has 25 heavy (non-hydrogen) atoms. The second kappa shape index (κ2) is 8.27. The number of esters is 1. The Balaban J connectivity index is 2.24. The Hall–Kier alpha value is -2.18. The molecule has 0 saturated carbocycles. The van der Waals surface area contributed by atoms with Gasteiger partial charge in [-0.1, -0.05) is 38.1 Å². The third-order valence-corrected chi connectivity index (χ3v) is 5.48. The lowest BCUT2D eigenvalue weighted by Gasteiger charge is -2.12. The number of carbonyl (C=O) groups is 1. The summed E-state index contributed by atoms with van der Waals surface area (Å²) in [5, 5.41) is 0. The van der Waals surface area contributed by atoms with Crippen LogP contribution in [0, 0.1) is 0 Å². The monoisotopic (exact) mass is 361 g/mol. The van der Waals surface area contributed by atoms with Gasteiger partial charge in [0.05, 0.1) is 17.6 Å². The van der Waals surface area contributed by atoms with Crippen LogP contribution in [0.3, 0.4) is 0 Å². The predicted octanol–water partition coefficient (Wildman–Crippen LogP) is 3.08. The molecule has 0 heterocycles. The number of aryl methyl sites for hydroxylation is 2. The lowest BCUT2D eigenvalue weighted by molar-refractivity contribution is 0.0600. The van der Waals surface area contributed by atoms with Gasteiger partial charge in [0.2, 0.25) is 10.0 Å². The van der Waals surface area contributed by atoms with Gasteiger partial charge >= 0.3 is 5.97 Å². The molecule has 1 N–H and O–H groups in total. The van der Waals surface area contributed by atoms with Crippen LogP contribution in [0.25, 0.3) is 0 Å². The summed E-state index contributed by atoms with van der Waals surface area (Å²) in [5.74, 6) is -0.569. The van der Waals surface area contributed by atoms with Gasteiger partial charge in [0.15, 0.2) is 0 Å². The molecule has 2 rings (SSSR count). The first-order valence-corrected chi connectivity index (χ1v) is 9.68. The molecule has 0 atom stereocenters. The van der Waals surface area contributed by atoms with Crippen molar-refractivity contribution in [3.63, 3.8) is 0 Å². The Labute approximate surface area is 149 Å². The summed E-state index contributed by atoms with van der Waals surface area (Å²) >= 11 is 0. The average Bonchev–Trinajstić information content (AvgIpc) is 2.65. The molecule has 0 amide bonds. The third-order valence-electron chi connectivity index (χ3n) is 4.08. The van der Waals surface area contributed by atoms with Crippen LogP contribution in [0.15, 0.2) is 47.4 Å². The van der Waals surface area contributed by atoms with Gasteiger partial charge in [-0.3, -0.25) is 0 Å². The number of carbonyl (C=O) groups excluding carboxylic acids is 1. The van der Waals surface area contributed by atoms with Crippen molar-refractivity contribution in [1.29, 1.82) is 0 Å².